The Labute approximate surface area is 176 Å². The number of anilines is 2. The summed E-state index contributed by atoms with van der Waals surface area (Å²) in [6.07, 6.45) is 3.78. The van der Waals surface area contributed by atoms with Crippen molar-refractivity contribution in [3.05, 3.63) is 70.8 Å². The highest BCUT2D eigenvalue weighted by atomic mass is 16.2. The number of rotatable bonds is 4. The van der Waals surface area contributed by atoms with Gasteiger partial charge in [-0.3, -0.25) is 19.3 Å². The first-order chi connectivity index (χ1) is 14.3. The average molecular weight is 403 g/mol. The molecule has 0 unspecified atom stereocenters. The maximum absolute atomic E-state index is 13.0. The van der Waals surface area contributed by atoms with E-state index < -0.39 is 0 Å². The maximum atomic E-state index is 13.0. The molecule has 6 heteroatoms. The number of carbonyl (C=O) groups excluding carboxylic acids is 3. The molecule has 0 saturated carbocycles. The van der Waals surface area contributed by atoms with Crippen molar-refractivity contribution < 1.29 is 14.4 Å². The van der Waals surface area contributed by atoms with Gasteiger partial charge in [0, 0.05) is 49.5 Å². The highest BCUT2D eigenvalue weighted by Crippen LogP contribution is 2.22. The molecule has 0 atom stereocenters. The molecule has 2 aromatic carbocycles. The van der Waals surface area contributed by atoms with E-state index in [1.165, 1.54) is 13.8 Å². The van der Waals surface area contributed by atoms with E-state index in [1.54, 1.807) is 0 Å². The lowest BCUT2D eigenvalue weighted by atomic mass is 9.94. The van der Waals surface area contributed by atoms with Gasteiger partial charge in [-0.05, 0) is 54.6 Å². The zero-order valence-corrected chi connectivity index (χ0v) is 17.4. The number of carbonyl (C=O) groups is 3. The van der Waals surface area contributed by atoms with Crippen molar-refractivity contribution in [1.29, 1.82) is 0 Å². The fourth-order valence-electron chi connectivity index (χ4n) is 3.34. The van der Waals surface area contributed by atoms with Gasteiger partial charge in [0.25, 0.3) is 0 Å². The molecule has 0 aromatic heterocycles. The molecule has 30 heavy (non-hydrogen) atoms. The Morgan fingerprint density at radius 3 is 1.47 bits per heavy atom. The van der Waals surface area contributed by atoms with Gasteiger partial charge in [-0.15, -0.1) is 0 Å². The summed E-state index contributed by atoms with van der Waals surface area (Å²) < 4.78 is 0. The number of Topliss-reactive ketones (excluding diaryl/α,β-unsaturated/α-hetero) is 1. The van der Waals surface area contributed by atoms with Crippen LogP contribution in [-0.4, -0.2) is 42.6 Å². The monoisotopic (exact) mass is 403 g/mol. The minimum absolute atomic E-state index is 0.0324. The lowest BCUT2D eigenvalue weighted by Gasteiger charge is -2.26. The Bertz CT molecular complexity index is 937. The van der Waals surface area contributed by atoms with Gasteiger partial charge in [0.1, 0.15) is 0 Å². The van der Waals surface area contributed by atoms with Crippen LogP contribution in [0.5, 0.6) is 0 Å². The number of likely N-dealkylation sites (tertiary alicyclic amines) is 1. The van der Waals surface area contributed by atoms with Crippen LogP contribution in [0.2, 0.25) is 0 Å². The van der Waals surface area contributed by atoms with Crippen LogP contribution in [0, 0.1) is 0 Å². The maximum Gasteiger partial charge on any atom is 0.221 e. The largest absolute Gasteiger partial charge is 0.326 e. The molecule has 1 aliphatic rings. The Kier molecular flexibility index (Phi) is 6.59. The van der Waals surface area contributed by atoms with Crippen LogP contribution in [0.3, 0.4) is 0 Å². The van der Waals surface area contributed by atoms with E-state index in [-0.39, 0.29) is 17.6 Å². The summed E-state index contributed by atoms with van der Waals surface area (Å²) in [7, 11) is 1.98. The molecule has 2 aromatic rings. The lowest BCUT2D eigenvalue weighted by molar-refractivity contribution is -0.115. The molecule has 6 nitrogen and oxygen atoms in total. The normalized spacial score (nSPS) is 17.2. The Morgan fingerprint density at radius 1 is 0.767 bits per heavy atom. The highest BCUT2D eigenvalue weighted by Gasteiger charge is 2.23. The molecule has 2 amide bonds. The van der Waals surface area contributed by atoms with Crippen molar-refractivity contribution >= 4 is 41.1 Å². The summed E-state index contributed by atoms with van der Waals surface area (Å²) >= 11 is 0. The molecule has 154 valence electrons. The second-order valence-corrected chi connectivity index (χ2v) is 7.45. The standard InChI is InChI=1S/C24H25N3O3/c1-16(28)25-22-8-4-18(5-9-22)12-20-14-27(3)15-21(24(20)30)13-19-6-10-23(11-7-19)26-17(2)29/h4-13H,14-15H2,1-3H3,(H,25,28)(H,26,29). The van der Waals surface area contributed by atoms with Gasteiger partial charge in [-0.2, -0.15) is 0 Å². The van der Waals surface area contributed by atoms with Crippen LogP contribution < -0.4 is 10.6 Å². The molecule has 0 radical (unpaired) electrons. The topological polar surface area (TPSA) is 78.5 Å². The smallest absolute Gasteiger partial charge is 0.221 e. The van der Waals surface area contributed by atoms with Gasteiger partial charge in [0.15, 0.2) is 5.78 Å². The summed E-state index contributed by atoms with van der Waals surface area (Å²) in [5.41, 5.74) is 4.69. The Hall–Kier alpha value is -3.51. The first-order valence-corrected chi connectivity index (χ1v) is 9.70. The molecule has 1 fully saturated rings. The van der Waals surface area contributed by atoms with Gasteiger partial charge in [0.05, 0.1) is 0 Å². The second-order valence-electron chi connectivity index (χ2n) is 7.45. The number of amides is 2. The summed E-state index contributed by atoms with van der Waals surface area (Å²) in [5, 5.41) is 5.47. The second kappa shape index (κ2) is 9.33. The molecule has 1 heterocycles. The molecule has 1 saturated heterocycles. The zero-order chi connectivity index (χ0) is 21.7. The van der Waals surface area contributed by atoms with Gasteiger partial charge < -0.3 is 10.6 Å². The van der Waals surface area contributed by atoms with Crippen LogP contribution in [0.25, 0.3) is 12.2 Å². The third-order valence-electron chi connectivity index (χ3n) is 4.61. The predicted molar refractivity (Wildman–Crippen MR) is 120 cm³/mol. The molecule has 1 aliphatic heterocycles. The number of nitrogens with one attached hydrogen (secondary N) is 2. The van der Waals surface area contributed by atoms with Crippen molar-refractivity contribution in [2.24, 2.45) is 0 Å². The molecule has 3 rings (SSSR count). The fraction of sp³-hybridized carbons (Fsp3) is 0.208. The van der Waals surface area contributed by atoms with Crippen LogP contribution in [0.1, 0.15) is 25.0 Å². The van der Waals surface area contributed by atoms with E-state index >= 15 is 0 Å². The number of hydrogen-bond acceptors (Lipinski definition) is 4. The lowest BCUT2D eigenvalue weighted by Crippen LogP contribution is -2.34. The van der Waals surface area contributed by atoms with Crippen LogP contribution in [-0.2, 0) is 14.4 Å². The average Bonchev–Trinajstić information content (AvgIpc) is 2.67. The van der Waals surface area contributed by atoms with Crippen LogP contribution in [0.4, 0.5) is 11.4 Å². The van der Waals surface area contributed by atoms with E-state index in [4.69, 9.17) is 0 Å². The summed E-state index contributed by atoms with van der Waals surface area (Å²) in [4.78, 5) is 37.4. The van der Waals surface area contributed by atoms with E-state index in [0.717, 1.165) is 33.6 Å². The number of hydrogen-bond donors (Lipinski definition) is 2. The Morgan fingerprint density at radius 2 is 1.13 bits per heavy atom. The quantitative estimate of drug-likeness (QED) is 0.765. The van der Waals surface area contributed by atoms with Crippen molar-refractivity contribution in [2.45, 2.75) is 13.8 Å². The van der Waals surface area contributed by atoms with E-state index in [2.05, 4.69) is 15.5 Å². The van der Waals surface area contributed by atoms with E-state index in [9.17, 15) is 14.4 Å². The first-order valence-electron chi connectivity index (χ1n) is 9.70. The molecular formula is C24H25N3O3. The number of ketones is 1. The molecular weight excluding hydrogens is 378 g/mol. The minimum atomic E-state index is -0.120. The van der Waals surface area contributed by atoms with Crippen molar-refractivity contribution in [1.82, 2.24) is 4.90 Å². The van der Waals surface area contributed by atoms with Crippen molar-refractivity contribution in [2.75, 3.05) is 30.8 Å². The number of benzene rings is 2. The highest BCUT2D eigenvalue weighted by molar-refractivity contribution is 6.14. The SMILES string of the molecule is CC(=O)Nc1ccc(C=C2CN(C)CC(=Cc3ccc(NC(C)=O)cc3)C2=O)cc1. The minimum Gasteiger partial charge on any atom is -0.326 e. The molecule has 0 aliphatic carbocycles. The number of piperidine rings is 1. The molecule has 2 N–H and O–H groups in total. The molecule has 0 spiro atoms. The summed E-state index contributed by atoms with van der Waals surface area (Å²) in [6, 6.07) is 14.8. The van der Waals surface area contributed by atoms with Crippen molar-refractivity contribution in [3.63, 3.8) is 0 Å². The van der Waals surface area contributed by atoms with Crippen LogP contribution >= 0.6 is 0 Å². The van der Waals surface area contributed by atoms with Gasteiger partial charge in [-0.25, -0.2) is 0 Å². The number of likely N-dealkylation sites (N-methyl/N-ethyl adjacent to an activating group) is 1. The Balaban J connectivity index is 1.80. The number of nitrogens with zero attached hydrogens (tertiary/aromatic N) is 1. The third-order valence-corrected chi connectivity index (χ3v) is 4.61. The first kappa shape index (κ1) is 21.2. The van der Waals surface area contributed by atoms with Gasteiger partial charge in [-0.1, -0.05) is 24.3 Å². The van der Waals surface area contributed by atoms with E-state index in [0.29, 0.717) is 13.1 Å². The summed E-state index contributed by atoms with van der Waals surface area (Å²) in [5.74, 6) is -0.208. The van der Waals surface area contributed by atoms with Crippen LogP contribution in [0.15, 0.2) is 59.7 Å². The fourth-order valence-corrected chi connectivity index (χ4v) is 3.34. The summed E-state index contributed by atoms with van der Waals surface area (Å²) in [6.45, 7) is 4.08. The van der Waals surface area contributed by atoms with E-state index in [1.807, 2.05) is 67.7 Å². The van der Waals surface area contributed by atoms with Gasteiger partial charge in [0.2, 0.25) is 11.8 Å². The zero-order valence-electron chi connectivity index (χ0n) is 17.4. The van der Waals surface area contributed by atoms with Gasteiger partial charge >= 0.3 is 0 Å². The van der Waals surface area contributed by atoms with Crippen molar-refractivity contribution in [3.8, 4) is 0 Å². The predicted octanol–water partition coefficient (Wildman–Crippen LogP) is 3.58. The molecule has 0 bridgehead atoms. The third kappa shape index (κ3) is 5.75.